The summed E-state index contributed by atoms with van der Waals surface area (Å²) < 4.78 is 4.30. The fraction of sp³-hybridized carbons (Fsp3) is 0.333. The molecule has 98 valence electrons. The van der Waals surface area contributed by atoms with E-state index in [9.17, 15) is 19.2 Å². The highest BCUT2D eigenvalue weighted by Gasteiger charge is 2.24. The molecule has 1 atom stereocenters. The molecule has 1 aromatic rings. The maximum atomic E-state index is 11.5. The third-order valence-corrected chi connectivity index (χ3v) is 2.04. The van der Waals surface area contributed by atoms with Crippen molar-refractivity contribution in [1.82, 2.24) is 15.3 Å². The summed E-state index contributed by atoms with van der Waals surface area (Å²) in [4.78, 5) is 48.4. The van der Waals surface area contributed by atoms with E-state index in [1.54, 1.807) is 0 Å². The van der Waals surface area contributed by atoms with E-state index in [0.29, 0.717) is 0 Å². The van der Waals surface area contributed by atoms with Crippen LogP contribution >= 0.6 is 0 Å². The van der Waals surface area contributed by atoms with Crippen molar-refractivity contribution in [3.8, 4) is 0 Å². The second-order valence-electron chi connectivity index (χ2n) is 3.30. The van der Waals surface area contributed by atoms with Crippen LogP contribution < -0.4 is 11.0 Å². The molecule has 0 aliphatic carbocycles. The molecule has 1 amide bonds. The molecule has 9 nitrogen and oxygen atoms in total. The molecular weight excluding hydrogens is 246 g/mol. The fourth-order valence-corrected chi connectivity index (χ4v) is 1.14. The van der Waals surface area contributed by atoms with Crippen LogP contribution in [0, 0.1) is 0 Å². The largest absolute Gasteiger partial charge is 0.480 e. The van der Waals surface area contributed by atoms with E-state index in [0.717, 1.165) is 13.3 Å². The summed E-state index contributed by atoms with van der Waals surface area (Å²) in [6, 6.07) is -1.43. The first-order valence-corrected chi connectivity index (χ1v) is 4.82. The summed E-state index contributed by atoms with van der Waals surface area (Å²) in [5.74, 6) is -2.97. The van der Waals surface area contributed by atoms with Gasteiger partial charge in [-0.1, -0.05) is 0 Å². The van der Waals surface area contributed by atoms with Gasteiger partial charge < -0.3 is 25.1 Å². The van der Waals surface area contributed by atoms with Crippen LogP contribution in [-0.2, 0) is 14.3 Å². The molecule has 0 bridgehead atoms. The lowest BCUT2D eigenvalue weighted by Crippen LogP contribution is -2.42. The Bertz CT molecular complexity index is 516. The predicted molar refractivity (Wildman–Crippen MR) is 56.9 cm³/mol. The number of aliphatic carboxylic acids is 1. The number of hydrogen-bond donors (Lipinski definition) is 4. The van der Waals surface area contributed by atoms with Crippen LogP contribution in [0.4, 0.5) is 0 Å². The van der Waals surface area contributed by atoms with Gasteiger partial charge in [-0.05, 0) is 0 Å². The van der Waals surface area contributed by atoms with Gasteiger partial charge >= 0.3 is 17.6 Å². The number of carboxylic acid groups (broad SMARTS) is 1. The maximum Gasteiger partial charge on any atom is 0.326 e. The molecule has 1 heterocycles. The van der Waals surface area contributed by atoms with Gasteiger partial charge in [-0.3, -0.25) is 9.59 Å². The van der Waals surface area contributed by atoms with Crippen molar-refractivity contribution in [2.75, 3.05) is 7.11 Å². The standard InChI is InChI=1S/C9H11N3O6/c1-18-6(13)2-4(8(15)16)11-7(14)5-3-10-9(17)12-5/h3-4H,2H2,1H3,(H,11,14)(H,15,16)(H2,10,12,17)/t4-/m0/s1. The Morgan fingerprint density at radius 3 is 2.61 bits per heavy atom. The molecule has 0 spiro atoms. The number of methoxy groups -OCH3 is 1. The number of aromatic amines is 2. The second kappa shape index (κ2) is 5.66. The average Bonchev–Trinajstić information content (AvgIpc) is 2.74. The Kier molecular flexibility index (Phi) is 4.24. The summed E-state index contributed by atoms with van der Waals surface area (Å²) in [6.45, 7) is 0. The van der Waals surface area contributed by atoms with Crippen molar-refractivity contribution >= 4 is 17.8 Å². The number of hydrogen-bond acceptors (Lipinski definition) is 5. The topological polar surface area (TPSA) is 141 Å². The van der Waals surface area contributed by atoms with Crippen LogP contribution in [0.1, 0.15) is 16.9 Å². The average molecular weight is 257 g/mol. The molecule has 0 unspecified atom stereocenters. The molecule has 1 aromatic heterocycles. The molecule has 0 aliphatic heterocycles. The molecule has 0 aliphatic rings. The van der Waals surface area contributed by atoms with Crippen LogP contribution in [0.5, 0.6) is 0 Å². The Balaban J connectivity index is 2.72. The summed E-state index contributed by atoms with van der Waals surface area (Å²) in [5, 5.41) is 10.9. The van der Waals surface area contributed by atoms with Crippen LogP contribution in [-0.4, -0.2) is 46.1 Å². The lowest BCUT2D eigenvalue weighted by atomic mass is 10.2. The van der Waals surface area contributed by atoms with Gasteiger partial charge in [0.1, 0.15) is 11.7 Å². The van der Waals surface area contributed by atoms with Crippen LogP contribution in [0.15, 0.2) is 11.0 Å². The monoisotopic (exact) mass is 257 g/mol. The van der Waals surface area contributed by atoms with Crippen molar-refractivity contribution < 1.29 is 24.2 Å². The zero-order chi connectivity index (χ0) is 13.7. The molecule has 18 heavy (non-hydrogen) atoms. The molecule has 0 fully saturated rings. The van der Waals surface area contributed by atoms with Crippen molar-refractivity contribution in [2.45, 2.75) is 12.5 Å². The summed E-state index contributed by atoms with van der Waals surface area (Å²) in [6.07, 6.45) is 0.584. The van der Waals surface area contributed by atoms with E-state index in [1.165, 1.54) is 0 Å². The van der Waals surface area contributed by atoms with E-state index in [2.05, 4.69) is 20.0 Å². The normalized spacial score (nSPS) is 11.6. The molecule has 0 saturated carbocycles. The van der Waals surface area contributed by atoms with Gasteiger partial charge in [-0.25, -0.2) is 9.59 Å². The number of rotatable bonds is 5. The van der Waals surface area contributed by atoms with Crippen LogP contribution in [0.3, 0.4) is 0 Å². The van der Waals surface area contributed by atoms with E-state index >= 15 is 0 Å². The summed E-state index contributed by atoms with van der Waals surface area (Å²) in [7, 11) is 1.10. The number of carbonyl (C=O) groups is 3. The lowest BCUT2D eigenvalue weighted by molar-refractivity contribution is -0.147. The van der Waals surface area contributed by atoms with Gasteiger partial charge in [0, 0.05) is 6.20 Å². The zero-order valence-electron chi connectivity index (χ0n) is 9.35. The summed E-state index contributed by atoms with van der Waals surface area (Å²) in [5.41, 5.74) is -0.726. The molecule has 9 heteroatoms. The van der Waals surface area contributed by atoms with Crippen LogP contribution in [0.25, 0.3) is 0 Å². The van der Waals surface area contributed by atoms with Crippen molar-refractivity contribution in [2.24, 2.45) is 0 Å². The third kappa shape index (κ3) is 3.47. The van der Waals surface area contributed by atoms with E-state index < -0.39 is 36.0 Å². The molecular formula is C9H11N3O6. The van der Waals surface area contributed by atoms with Crippen molar-refractivity contribution in [3.05, 3.63) is 22.4 Å². The first-order chi connectivity index (χ1) is 8.43. The number of carbonyl (C=O) groups excluding carboxylic acids is 2. The Hall–Kier alpha value is -2.58. The number of aromatic nitrogens is 2. The Morgan fingerprint density at radius 1 is 1.50 bits per heavy atom. The molecule has 0 aromatic carbocycles. The van der Waals surface area contributed by atoms with Gasteiger partial charge in [-0.2, -0.15) is 0 Å². The van der Waals surface area contributed by atoms with Crippen molar-refractivity contribution in [1.29, 1.82) is 0 Å². The predicted octanol–water partition coefficient (Wildman–Crippen LogP) is -1.55. The number of amides is 1. The minimum atomic E-state index is -1.43. The quantitative estimate of drug-likeness (QED) is 0.470. The first kappa shape index (κ1) is 13.5. The zero-order valence-corrected chi connectivity index (χ0v) is 9.35. The number of esters is 1. The highest BCUT2D eigenvalue weighted by atomic mass is 16.5. The van der Waals surface area contributed by atoms with Gasteiger partial charge in [0.25, 0.3) is 5.91 Å². The Morgan fingerprint density at radius 2 is 2.17 bits per heavy atom. The third-order valence-electron chi connectivity index (χ3n) is 2.04. The SMILES string of the molecule is COC(=O)C[C@H](NC(=O)c1c[nH]c(=O)[nH]1)C(=O)O. The number of ether oxygens (including phenoxy) is 1. The molecule has 1 rings (SSSR count). The van der Waals surface area contributed by atoms with E-state index in [4.69, 9.17) is 5.11 Å². The minimum absolute atomic E-state index is 0.129. The van der Waals surface area contributed by atoms with Crippen molar-refractivity contribution in [3.63, 3.8) is 0 Å². The lowest BCUT2D eigenvalue weighted by Gasteiger charge is -2.12. The molecule has 0 saturated heterocycles. The number of imidazole rings is 1. The number of H-pyrrole nitrogens is 2. The minimum Gasteiger partial charge on any atom is -0.480 e. The van der Waals surface area contributed by atoms with E-state index in [1.807, 2.05) is 0 Å². The summed E-state index contributed by atoms with van der Waals surface area (Å²) >= 11 is 0. The first-order valence-electron chi connectivity index (χ1n) is 4.82. The number of nitrogens with one attached hydrogen (secondary N) is 3. The van der Waals surface area contributed by atoms with Gasteiger partial charge in [0.15, 0.2) is 0 Å². The number of carboxylic acids is 1. The van der Waals surface area contributed by atoms with E-state index in [-0.39, 0.29) is 5.69 Å². The fourth-order valence-electron chi connectivity index (χ4n) is 1.14. The Labute approximate surface area is 100 Å². The second-order valence-corrected chi connectivity index (χ2v) is 3.30. The smallest absolute Gasteiger partial charge is 0.326 e. The highest BCUT2D eigenvalue weighted by Crippen LogP contribution is 1.97. The van der Waals surface area contributed by atoms with Crippen LogP contribution in [0.2, 0.25) is 0 Å². The van der Waals surface area contributed by atoms with Gasteiger partial charge in [0.2, 0.25) is 0 Å². The molecule has 0 radical (unpaired) electrons. The maximum absolute atomic E-state index is 11.5. The van der Waals surface area contributed by atoms with Gasteiger partial charge in [-0.15, -0.1) is 0 Å². The molecule has 4 N–H and O–H groups in total. The highest BCUT2D eigenvalue weighted by molar-refractivity contribution is 5.95. The van der Waals surface area contributed by atoms with Gasteiger partial charge in [0.05, 0.1) is 13.5 Å².